The van der Waals surface area contributed by atoms with E-state index < -0.39 is 0 Å². The first-order chi connectivity index (χ1) is 18.9. The molecule has 38 heavy (non-hydrogen) atoms. The van der Waals surface area contributed by atoms with E-state index in [1.165, 1.54) is 33.4 Å². The Balaban J connectivity index is 0.000000166. The number of pyridine rings is 1. The standard InChI is InChI=1S/C18H14.C17H13N.C2H6/c1-3-8-15(9-4-1)17-12-7-13-18(14-17)16-10-5-2-6-11-16;1-2-7-14(8-3-1)15-9-6-10-16(13-15)17-11-4-5-12-18-17;1-2/h1-14H;1-13H;1-2H3. The second kappa shape index (κ2) is 14.1. The van der Waals surface area contributed by atoms with Crippen LogP contribution in [0.4, 0.5) is 0 Å². The fraction of sp³-hybridized carbons (Fsp3) is 0.0541. The van der Waals surface area contributed by atoms with Crippen LogP contribution in [0.15, 0.2) is 164 Å². The van der Waals surface area contributed by atoms with Crippen LogP contribution >= 0.6 is 0 Å². The summed E-state index contributed by atoms with van der Waals surface area (Å²) in [6.45, 7) is 4.00. The van der Waals surface area contributed by atoms with Crippen molar-refractivity contribution in [1.29, 1.82) is 0 Å². The lowest BCUT2D eigenvalue weighted by atomic mass is 9.99. The van der Waals surface area contributed by atoms with E-state index in [0.29, 0.717) is 0 Å². The molecule has 1 nitrogen and oxygen atoms in total. The third-order valence-electron chi connectivity index (χ3n) is 6.01. The molecule has 0 aliphatic rings. The summed E-state index contributed by atoms with van der Waals surface area (Å²) in [5, 5.41) is 0. The molecular weight excluding hydrogens is 458 g/mol. The number of aromatic nitrogens is 1. The van der Waals surface area contributed by atoms with Gasteiger partial charge < -0.3 is 0 Å². The summed E-state index contributed by atoms with van der Waals surface area (Å²) in [5.74, 6) is 0. The number of nitrogens with zero attached hydrogens (tertiary/aromatic N) is 1. The van der Waals surface area contributed by atoms with Crippen molar-refractivity contribution in [2.24, 2.45) is 0 Å². The second-order valence-corrected chi connectivity index (χ2v) is 8.47. The molecule has 1 aromatic heterocycles. The Morgan fingerprint density at radius 1 is 0.316 bits per heavy atom. The maximum Gasteiger partial charge on any atom is 0.0702 e. The van der Waals surface area contributed by atoms with Gasteiger partial charge in [0, 0.05) is 11.8 Å². The molecule has 6 rings (SSSR count). The van der Waals surface area contributed by atoms with Crippen LogP contribution < -0.4 is 0 Å². The van der Waals surface area contributed by atoms with E-state index in [1.807, 2.05) is 56.4 Å². The van der Waals surface area contributed by atoms with Gasteiger partial charge >= 0.3 is 0 Å². The van der Waals surface area contributed by atoms with Gasteiger partial charge in [-0.3, -0.25) is 4.98 Å². The van der Waals surface area contributed by atoms with E-state index in [2.05, 4.69) is 126 Å². The minimum atomic E-state index is 1.01. The predicted molar refractivity (Wildman–Crippen MR) is 164 cm³/mol. The topological polar surface area (TPSA) is 12.9 Å². The largest absolute Gasteiger partial charge is 0.256 e. The van der Waals surface area contributed by atoms with Crippen molar-refractivity contribution in [1.82, 2.24) is 4.98 Å². The molecule has 0 spiro atoms. The van der Waals surface area contributed by atoms with Gasteiger partial charge in [-0.05, 0) is 57.6 Å². The lowest BCUT2D eigenvalue weighted by molar-refractivity contribution is 1.33. The Hall–Kier alpha value is -4.75. The maximum atomic E-state index is 4.38. The van der Waals surface area contributed by atoms with Crippen LogP contribution in [-0.4, -0.2) is 4.98 Å². The van der Waals surface area contributed by atoms with Gasteiger partial charge in [0.1, 0.15) is 0 Å². The van der Waals surface area contributed by atoms with Crippen LogP contribution in [0.5, 0.6) is 0 Å². The van der Waals surface area contributed by atoms with Crippen molar-refractivity contribution in [2.45, 2.75) is 13.8 Å². The lowest BCUT2D eigenvalue weighted by Gasteiger charge is -2.05. The maximum absolute atomic E-state index is 4.38. The van der Waals surface area contributed by atoms with E-state index in [1.54, 1.807) is 0 Å². The van der Waals surface area contributed by atoms with E-state index in [4.69, 9.17) is 0 Å². The molecule has 186 valence electrons. The first kappa shape index (κ1) is 26.3. The van der Waals surface area contributed by atoms with Gasteiger partial charge in [0.15, 0.2) is 0 Å². The van der Waals surface area contributed by atoms with Gasteiger partial charge in [-0.15, -0.1) is 0 Å². The predicted octanol–water partition coefficient (Wildman–Crippen LogP) is 10.5. The zero-order chi connectivity index (χ0) is 26.4. The van der Waals surface area contributed by atoms with E-state index in [9.17, 15) is 0 Å². The Morgan fingerprint density at radius 3 is 1.05 bits per heavy atom. The summed E-state index contributed by atoms with van der Waals surface area (Å²) >= 11 is 0. The molecule has 0 N–H and O–H groups in total. The fourth-order valence-corrected chi connectivity index (χ4v) is 4.16. The van der Waals surface area contributed by atoms with Crippen LogP contribution in [0.2, 0.25) is 0 Å². The molecule has 1 heteroatoms. The third kappa shape index (κ3) is 7.15. The van der Waals surface area contributed by atoms with Crippen LogP contribution in [0.3, 0.4) is 0 Å². The van der Waals surface area contributed by atoms with Crippen molar-refractivity contribution >= 4 is 0 Å². The monoisotopic (exact) mass is 491 g/mol. The minimum absolute atomic E-state index is 1.01. The van der Waals surface area contributed by atoms with Gasteiger partial charge in [-0.1, -0.05) is 147 Å². The molecule has 5 aromatic carbocycles. The number of hydrogen-bond acceptors (Lipinski definition) is 1. The van der Waals surface area contributed by atoms with Crippen molar-refractivity contribution in [3.05, 3.63) is 164 Å². The lowest BCUT2D eigenvalue weighted by Crippen LogP contribution is -1.83. The number of rotatable bonds is 4. The molecule has 0 aliphatic carbocycles. The van der Waals surface area contributed by atoms with Crippen molar-refractivity contribution in [3.63, 3.8) is 0 Å². The quantitative estimate of drug-likeness (QED) is 0.239. The summed E-state index contributed by atoms with van der Waals surface area (Å²) in [6, 6.07) is 54.5. The van der Waals surface area contributed by atoms with E-state index in [-0.39, 0.29) is 0 Å². The molecule has 0 radical (unpaired) electrons. The Labute approximate surface area is 227 Å². The number of benzene rings is 5. The zero-order valence-corrected chi connectivity index (χ0v) is 22.0. The molecular formula is C37H33N. The molecule has 0 fully saturated rings. The van der Waals surface area contributed by atoms with Crippen molar-refractivity contribution in [2.75, 3.05) is 0 Å². The van der Waals surface area contributed by atoms with E-state index in [0.717, 1.165) is 11.3 Å². The highest BCUT2D eigenvalue weighted by molar-refractivity contribution is 5.73. The minimum Gasteiger partial charge on any atom is -0.256 e. The Bertz CT molecular complexity index is 1260. The third-order valence-corrected chi connectivity index (χ3v) is 6.01. The molecule has 0 bridgehead atoms. The van der Waals surface area contributed by atoms with E-state index >= 15 is 0 Å². The molecule has 6 aromatic rings. The summed E-state index contributed by atoms with van der Waals surface area (Å²) in [4.78, 5) is 4.38. The molecule has 0 aliphatic heterocycles. The Morgan fingerprint density at radius 2 is 0.658 bits per heavy atom. The van der Waals surface area contributed by atoms with Crippen LogP contribution in [-0.2, 0) is 0 Å². The summed E-state index contributed by atoms with van der Waals surface area (Å²) in [7, 11) is 0. The van der Waals surface area contributed by atoms with Crippen LogP contribution in [0, 0.1) is 0 Å². The molecule has 0 amide bonds. The number of hydrogen-bond donors (Lipinski definition) is 0. The van der Waals surface area contributed by atoms with Gasteiger partial charge in [0.05, 0.1) is 5.69 Å². The average molecular weight is 492 g/mol. The SMILES string of the molecule is CC.c1ccc(-c2cccc(-c3ccccc3)c2)cc1.c1ccc(-c2cccc(-c3ccccn3)c2)cc1. The first-order valence-electron chi connectivity index (χ1n) is 13.1. The highest BCUT2D eigenvalue weighted by atomic mass is 14.7. The van der Waals surface area contributed by atoms with Gasteiger partial charge in [0.25, 0.3) is 0 Å². The molecule has 0 unspecified atom stereocenters. The molecule has 1 heterocycles. The van der Waals surface area contributed by atoms with Crippen molar-refractivity contribution in [3.8, 4) is 44.6 Å². The van der Waals surface area contributed by atoms with Gasteiger partial charge in [0.2, 0.25) is 0 Å². The normalized spacial score (nSPS) is 9.84. The second-order valence-electron chi connectivity index (χ2n) is 8.47. The summed E-state index contributed by atoms with van der Waals surface area (Å²) in [5.41, 5.74) is 9.65. The first-order valence-corrected chi connectivity index (χ1v) is 13.1. The fourth-order valence-electron chi connectivity index (χ4n) is 4.16. The highest BCUT2D eigenvalue weighted by Crippen LogP contribution is 2.26. The summed E-state index contributed by atoms with van der Waals surface area (Å²) < 4.78 is 0. The summed E-state index contributed by atoms with van der Waals surface area (Å²) in [6.07, 6.45) is 1.82. The molecule has 0 saturated heterocycles. The zero-order valence-electron chi connectivity index (χ0n) is 22.0. The molecule has 0 atom stereocenters. The van der Waals surface area contributed by atoms with Crippen LogP contribution in [0.25, 0.3) is 44.6 Å². The smallest absolute Gasteiger partial charge is 0.0702 e. The van der Waals surface area contributed by atoms with Gasteiger partial charge in [-0.25, -0.2) is 0 Å². The average Bonchev–Trinajstić information content (AvgIpc) is 3.04. The van der Waals surface area contributed by atoms with Crippen LogP contribution in [0.1, 0.15) is 13.8 Å². The Kier molecular flexibility index (Phi) is 9.77. The van der Waals surface area contributed by atoms with Gasteiger partial charge in [-0.2, -0.15) is 0 Å². The molecule has 0 saturated carbocycles. The highest BCUT2D eigenvalue weighted by Gasteiger charge is 2.02. The van der Waals surface area contributed by atoms with Crippen molar-refractivity contribution < 1.29 is 0 Å².